The first-order valence-electron chi connectivity index (χ1n) is 35.2. The number of likely N-dealkylation sites (N-methyl/N-ethyl adjacent to an activating group) is 2. The van der Waals surface area contributed by atoms with Gasteiger partial charge in [0.15, 0.2) is 59.6 Å². The van der Waals surface area contributed by atoms with Crippen molar-refractivity contribution in [2.45, 2.75) is 167 Å². The number of aromatic amines is 1. The Labute approximate surface area is 699 Å². The Morgan fingerprint density at radius 3 is 1.66 bits per heavy atom. The maximum Gasteiger partial charge on any atom is 0.513 e. The molecular weight excluding hydrogens is 1830 g/mol. The Morgan fingerprint density at radius 1 is 0.672 bits per heavy atom. The highest BCUT2D eigenvalue weighted by molar-refractivity contribution is 9.11. The third-order valence-electron chi connectivity index (χ3n) is 19.2. The highest BCUT2D eigenvalue weighted by Crippen LogP contribution is 2.48. The van der Waals surface area contributed by atoms with E-state index in [1.807, 2.05) is 6.92 Å². The van der Waals surface area contributed by atoms with Crippen molar-refractivity contribution in [3.63, 3.8) is 0 Å². The smallest absolute Gasteiger partial charge is 0.485 e. The van der Waals surface area contributed by atoms with Crippen molar-refractivity contribution < 1.29 is 129 Å². The van der Waals surface area contributed by atoms with Gasteiger partial charge < -0.3 is 106 Å². The van der Waals surface area contributed by atoms with E-state index in [4.69, 9.17) is 81.5 Å². The van der Waals surface area contributed by atoms with Crippen LogP contribution in [0.5, 0.6) is 34.5 Å². The minimum atomic E-state index is -2.55. The molecule has 6 aromatic rings. The molecule has 45 heteroatoms. The summed E-state index contributed by atoms with van der Waals surface area (Å²) in [6.45, 7) is 23.8. The van der Waals surface area contributed by atoms with Crippen LogP contribution in [-0.2, 0) is 64.8 Å². The summed E-state index contributed by atoms with van der Waals surface area (Å²) in [4.78, 5) is 110. The topological polar surface area (TPSA) is 507 Å². The van der Waals surface area contributed by atoms with Crippen LogP contribution in [0.4, 0.5) is 24.9 Å². The van der Waals surface area contributed by atoms with E-state index < -0.39 is 125 Å². The highest BCUT2D eigenvalue weighted by Gasteiger charge is 2.56. The molecule has 39 nitrogen and oxygen atoms in total. The number of aliphatic carboxylic acids is 1. The molecule has 2 aromatic heterocycles. The van der Waals surface area contributed by atoms with E-state index in [1.165, 1.54) is 74.3 Å². The van der Waals surface area contributed by atoms with Gasteiger partial charge in [-0.15, -0.1) is 0 Å². The molecule has 0 bridgehead atoms. The maximum atomic E-state index is 13.5. The van der Waals surface area contributed by atoms with Gasteiger partial charge in [0.25, 0.3) is 0 Å². The lowest BCUT2D eigenvalue weighted by Gasteiger charge is -2.51. The number of amides is 2. The molecule has 2 saturated heterocycles. The molecule has 632 valence electrons. The van der Waals surface area contributed by atoms with Crippen LogP contribution >= 0.6 is 63.7 Å². The molecular formula is C71H89Br4N11O28Si2. The summed E-state index contributed by atoms with van der Waals surface area (Å²) < 4.78 is 88.1. The van der Waals surface area contributed by atoms with E-state index >= 15 is 0 Å². The summed E-state index contributed by atoms with van der Waals surface area (Å²) in [5, 5.41) is 58.7. The number of carboxylic acids is 1. The molecule has 5 N–H and O–H groups in total. The van der Waals surface area contributed by atoms with Crippen LogP contribution < -0.4 is 28.4 Å². The molecule has 0 radical (unpaired) electrons. The third-order valence-corrected chi connectivity index (χ3v) is 30.9. The van der Waals surface area contributed by atoms with E-state index in [9.17, 15) is 64.1 Å². The number of nitro groups is 1. The van der Waals surface area contributed by atoms with Gasteiger partial charge in [-0.05, 0) is 165 Å². The second kappa shape index (κ2) is 40.4. The zero-order chi connectivity index (χ0) is 86.4. The van der Waals surface area contributed by atoms with E-state index in [-0.39, 0.29) is 113 Å². The molecule has 4 aromatic carbocycles. The number of carbonyl (C=O) groups is 7. The minimum absolute atomic E-state index is 0.0245. The lowest BCUT2D eigenvalue weighted by molar-refractivity contribution is -0.386. The molecule has 2 fully saturated rings. The van der Waals surface area contributed by atoms with Crippen molar-refractivity contribution in [1.29, 1.82) is 0 Å². The number of benzene rings is 4. The van der Waals surface area contributed by atoms with Crippen LogP contribution in [0.15, 0.2) is 89.0 Å². The summed E-state index contributed by atoms with van der Waals surface area (Å²) in [5.41, 5.74) is 18.9. The number of nitro benzene ring substituents is 1. The van der Waals surface area contributed by atoms with Crippen LogP contribution in [0.25, 0.3) is 42.7 Å². The molecule has 0 aliphatic carbocycles. The number of hydrogen-bond acceptors (Lipinski definition) is 29. The zero-order valence-electron chi connectivity index (χ0n) is 65.8. The van der Waals surface area contributed by atoms with Gasteiger partial charge in [0.1, 0.15) is 68.1 Å². The largest absolute Gasteiger partial charge is 0.513 e. The predicted octanol–water partition coefficient (Wildman–Crippen LogP) is 14.6. The van der Waals surface area contributed by atoms with E-state index in [2.05, 4.69) is 156 Å². The first-order valence-corrected chi connectivity index (χ1v) is 44.2. The molecule has 2 aliphatic heterocycles. The van der Waals surface area contributed by atoms with Crippen molar-refractivity contribution in [3.05, 3.63) is 127 Å². The number of esters is 1. The van der Waals surface area contributed by atoms with E-state index in [1.54, 1.807) is 31.2 Å². The lowest BCUT2D eigenvalue weighted by atomic mass is 9.92. The number of nitrogens with zero attached hydrogens (tertiary/aromatic N) is 10. The standard InChI is InChI=1S/C43H60Br2N6O15Si2.C28H29Br2N5O13/c1-24-34(65-67(11,12)42(3,4)5)36(66-68(13,14)43(6,7)8)37(38(53)58-10)64-39(24)62-30-16-15-26(19-28(30)51(56)57)22-60-40(54)49(9)17-18-59-41(55)63-31-21-50(25(2)52)29-20-27(44)35(33(45)32(29)31)61-23-47-48-46;1-12-7-13(3-4-16(12)46-26-22(38)20(36)21(37)24(48-26)25(39)40)10-44-27(41)35(2)5-6-43-28(42)47-17-9-32-15-8-14(29)23(19(30)18(15)17)45-11-33-34-31/h15-16,19-21,24,34,36-37,39H,17-18,22-23H2,1-14H3;3-4,7-9,20-22,24,26,32,36-38H,5-6,10-11H2,1-2H3,(H,39,40)/t24-,34-,36+,37+,39-;20-,21-,22+,24-,26+/m10/s1. The molecule has 2 aliphatic rings. The van der Waals surface area contributed by atoms with Crippen molar-refractivity contribution >= 4 is 150 Å². The fourth-order valence-corrected chi connectivity index (χ4v) is 16.5. The molecule has 10 atom stereocenters. The Balaban J connectivity index is 0.000000340. The molecule has 116 heavy (non-hydrogen) atoms. The Bertz CT molecular complexity index is 4720. The van der Waals surface area contributed by atoms with E-state index in [0.717, 1.165) is 4.90 Å². The van der Waals surface area contributed by atoms with Crippen LogP contribution in [0.3, 0.4) is 0 Å². The molecule has 0 saturated carbocycles. The zero-order valence-corrected chi connectivity index (χ0v) is 74.1. The van der Waals surface area contributed by atoms with Gasteiger partial charge >= 0.3 is 42.1 Å². The monoisotopic (exact) mass is 1920 g/mol. The van der Waals surface area contributed by atoms with Gasteiger partial charge in [-0.2, -0.15) is 0 Å². The third kappa shape index (κ3) is 23.4. The Kier molecular flexibility index (Phi) is 32.8. The first-order chi connectivity index (χ1) is 54.3. The average molecular weight is 1920 g/mol. The van der Waals surface area contributed by atoms with Gasteiger partial charge in [0.2, 0.25) is 18.5 Å². The van der Waals surface area contributed by atoms with Gasteiger partial charge in [0.05, 0.1) is 77.1 Å². The molecule has 8 rings (SSSR count). The number of nitrogens with one attached hydrogen (secondary N) is 1. The minimum Gasteiger partial charge on any atom is -0.485 e. The van der Waals surface area contributed by atoms with Crippen LogP contribution in [0.1, 0.15) is 76.9 Å². The predicted molar refractivity (Wildman–Crippen MR) is 430 cm³/mol. The Hall–Kier alpha value is -9.06. The van der Waals surface area contributed by atoms with Crippen molar-refractivity contribution in [1.82, 2.24) is 19.4 Å². The van der Waals surface area contributed by atoms with Crippen LogP contribution in [0.2, 0.25) is 36.3 Å². The number of hydrogen-bond donors (Lipinski definition) is 5. The van der Waals surface area contributed by atoms with Gasteiger partial charge in [-0.1, -0.05) is 70.8 Å². The number of methoxy groups -OCH3 is 1. The molecule has 2 amide bonds. The van der Waals surface area contributed by atoms with Crippen LogP contribution in [0, 0.1) is 23.0 Å². The second-order valence-electron chi connectivity index (χ2n) is 29.3. The second-order valence-corrected chi connectivity index (χ2v) is 42.1. The van der Waals surface area contributed by atoms with Gasteiger partial charge in [-0.25, -0.2) is 28.8 Å². The van der Waals surface area contributed by atoms with Gasteiger partial charge in [0, 0.05) is 49.0 Å². The number of halogens is 4. The summed E-state index contributed by atoms with van der Waals surface area (Å²) in [7, 11) is -1.01. The van der Waals surface area contributed by atoms with Crippen molar-refractivity contribution in [2.75, 3.05) is 61.0 Å². The number of aliphatic hydroxyl groups is 3. The number of azide groups is 2. The van der Waals surface area contributed by atoms with Gasteiger partial charge in [-0.3, -0.25) is 19.5 Å². The number of aliphatic hydroxyl groups excluding tert-OH is 3. The number of H-pyrrole nitrogens is 1. The molecule has 0 spiro atoms. The number of carbonyl (C=O) groups excluding carboxylic acids is 6. The number of fused-ring (bicyclic) bond motifs is 2. The van der Waals surface area contributed by atoms with Crippen LogP contribution in [-0.4, -0.2) is 220 Å². The number of aryl methyl sites for hydroxylation is 1. The average Bonchev–Trinajstić information content (AvgIpc) is 1.35. The Morgan fingerprint density at radius 2 is 1.16 bits per heavy atom. The SMILES string of the molecule is COC(=O)[C@H]1O[C@@H](Oc2ccc(COC(=O)N(C)CCOC(=O)Oc3cn(C(C)=O)c4cc(Br)c(OCN=[N+]=[N-])c(Br)c34)cc2[N+](=O)[O-])[C@H](C)[C@@H](O[Si](C)(C)C(C)(C)C)[C@@H]1O[Si](C)(C)C(C)(C)C.Cc1cc(COC(=O)N(C)CCOC(=O)Oc2c[nH]c3cc(Br)c(OCN=[N+]=[N-])c(Br)c23)ccc1O[C@@H]1O[C@H](C(=O)O)[C@@H](O)[C@H](O)[C@H]1O. The summed E-state index contributed by atoms with van der Waals surface area (Å²) in [6.07, 6.45) is -13.8. The normalized spacial score (nSPS) is 19.4. The fraction of sp³-hybridized carbons (Fsp3) is 0.507. The summed E-state index contributed by atoms with van der Waals surface area (Å²) in [6, 6.07) is 11.9. The van der Waals surface area contributed by atoms with Crippen molar-refractivity contribution in [2.24, 2.45) is 16.1 Å². The molecule has 0 unspecified atom stereocenters. The highest BCUT2D eigenvalue weighted by atomic mass is 79.9. The number of rotatable bonds is 29. The summed E-state index contributed by atoms with van der Waals surface area (Å²) >= 11 is 13.6. The number of carboxylic acid groups (broad SMARTS) is 1. The fourth-order valence-electron chi connectivity index (χ4n) is 10.8. The quantitative estimate of drug-likeness (QED) is 0.00425. The number of ether oxygens (including phenoxy) is 13. The number of aromatic nitrogens is 2. The maximum absolute atomic E-state index is 13.5. The summed E-state index contributed by atoms with van der Waals surface area (Å²) in [5.74, 6) is -2.59. The lowest BCUT2D eigenvalue weighted by Crippen LogP contribution is -2.65. The molecule has 4 heterocycles. The van der Waals surface area contributed by atoms with Crippen molar-refractivity contribution in [3.8, 4) is 34.5 Å². The first kappa shape index (κ1) is 94.1. The van der Waals surface area contributed by atoms with E-state index in [0.29, 0.717) is 46.7 Å².